The molecule has 1 aliphatic rings. The van der Waals surface area contributed by atoms with Crippen molar-refractivity contribution in [1.29, 1.82) is 0 Å². The Balaban J connectivity index is 1.88. The second kappa shape index (κ2) is 10.5. The van der Waals surface area contributed by atoms with Crippen LogP contribution >= 0.6 is 11.6 Å². The second-order valence-electron chi connectivity index (χ2n) is 7.63. The van der Waals surface area contributed by atoms with Gasteiger partial charge >= 0.3 is 0 Å². The highest BCUT2D eigenvalue weighted by Gasteiger charge is 2.28. The molecule has 34 heavy (non-hydrogen) atoms. The Morgan fingerprint density at radius 3 is 2.41 bits per heavy atom. The maximum Gasteiger partial charge on any atom is 0.245 e. The van der Waals surface area contributed by atoms with Gasteiger partial charge in [-0.15, -0.1) is 0 Å². The summed E-state index contributed by atoms with van der Waals surface area (Å²) in [5.74, 6) is -0.457. The van der Waals surface area contributed by atoms with Gasteiger partial charge in [-0.2, -0.15) is 4.31 Å². The second-order valence-corrected chi connectivity index (χ2v) is 11.9. The minimum absolute atomic E-state index is 0.0287. The number of hydrogen-bond donors (Lipinski definition) is 1. The van der Waals surface area contributed by atoms with Crippen LogP contribution in [0, 0.1) is 6.92 Å². The van der Waals surface area contributed by atoms with Crippen LogP contribution < -0.4 is 14.4 Å². The fraction of sp³-hybridized carbons (Fsp3) is 0.381. The van der Waals surface area contributed by atoms with Gasteiger partial charge in [0.1, 0.15) is 12.3 Å². The number of sulfonamides is 2. The van der Waals surface area contributed by atoms with Gasteiger partial charge in [0.2, 0.25) is 26.0 Å². The first kappa shape index (κ1) is 26.2. The summed E-state index contributed by atoms with van der Waals surface area (Å²) in [5.41, 5.74) is 0.975. The van der Waals surface area contributed by atoms with E-state index in [1.807, 2.05) is 0 Å². The zero-order chi connectivity index (χ0) is 25.1. The van der Waals surface area contributed by atoms with E-state index in [1.165, 1.54) is 41.7 Å². The number of aryl methyl sites for hydroxylation is 1. The summed E-state index contributed by atoms with van der Waals surface area (Å²) in [6.07, 6.45) is 0.991. The molecule has 2 aromatic rings. The van der Waals surface area contributed by atoms with Gasteiger partial charge < -0.3 is 14.8 Å². The summed E-state index contributed by atoms with van der Waals surface area (Å²) < 4.78 is 63.6. The van der Waals surface area contributed by atoms with Gasteiger partial charge in [0.25, 0.3) is 0 Å². The van der Waals surface area contributed by atoms with Crippen molar-refractivity contribution in [2.75, 3.05) is 55.8 Å². The molecule has 0 aliphatic carbocycles. The maximum absolute atomic E-state index is 13.0. The number of morpholine rings is 1. The first-order valence-electron chi connectivity index (χ1n) is 10.2. The molecule has 10 nitrogen and oxygen atoms in total. The minimum Gasteiger partial charge on any atom is -0.495 e. The van der Waals surface area contributed by atoms with Crippen molar-refractivity contribution >= 4 is 48.9 Å². The van der Waals surface area contributed by atoms with Crippen molar-refractivity contribution in [1.82, 2.24) is 4.31 Å². The lowest BCUT2D eigenvalue weighted by molar-refractivity contribution is -0.114. The van der Waals surface area contributed by atoms with Crippen molar-refractivity contribution in [2.24, 2.45) is 0 Å². The zero-order valence-corrected chi connectivity index (χ0v) is 21.3. The summed E-state index contributed by atoms with van der Waals surface area (Å²) in [6.45, 7) is 2.18. The van der Waals surface area contributed by atoms with Crippen molar-refractivity contribution in [2.45, 2.75) is 11.8 Å². The largest absolute Gasteiger partial charge is 0.495 e. The molecule has 0 spiro atoms. The van der Waals surface area contributed by atoms with Crippen molar-refractivity contribution < 1.29 is 31.1 Å². The highest BCUT2D eigenvalue weighted by atomic mass is 35.5. The Bertz CT molecular complexity index is 1280. The molecular formula is C21H26ClN3O7S2. The van der Waals surface area contributed by atoms with E-state index < -0.39 is 32.5 Å². The number of nitrogens with zero attached hydrogens (tertiary/aromatic N) is 2. The average Bonchev–Trinajstić information content (AvgIpc) is 2.78. The Morgan fingerprint density at radius 1 is 1.15 bits per heavy atom. The highest BCUT2D eigenvalue weighted by molar-refractivity contribution is 7.92. The first-order chi connectivity index (χ1) is 15.9. The summed E-state index contributed by atoms with van der Waals surface area (Å²) >= 11 is 5.97. The monoisotopic (exact) mass is 531 g/mol. The standard InChI is InChI=1S/C21H26ClN3O7S2/c1-15-12-16(22)4-6-19(15)25(33(3,27)28)14-21(26)23-18-13-17(5-7-20(18)31-2)34(29,30)24-8-10-32-11-9-24/h4-7,12-13H,8-11,14H2,1-3H3,(H,23,26). The molecule has 1 amide bonds. The normalized spacial score (nSPS) is 15.1. The van der Waals surface area contributed by atoms with Gasteiger partial charge in [-0.3, -0.25) is 9.10 Å². The molecule has 0 bridgehead atoms. The summed E-state index contributed by atoms with van der Waals surface area (Å²) in [6, 6.07) is 8.75. The van der Waals surface area contributed by atoms with Crippen LogP contribution in [0.4, 0.5) is 11.4 Å². The Hall–Kier alpha value is -2.38. The molecule has 0 aromatic heterocycles. The predicted octanol–water partition coefficient (Wildman–Crippen LogP) is 2.08. The third-order valence-electron chi connectivity index (χ3n) is 5.17. The Labute approximate surface area is 204 Å². The number of ether oxygens (including phenoxy) is 2. The van der Waals surface area contributed by atoms with Crippen LogP contribution in [-0.4, -0.2) is 73.3 Å². The first-order valence-corrected chi connectivity index (χ1v) is 13.9. The van der Waals surface area contributed by atoms with Gasteiger partial charge in [0.05, 0.1) is 42.8 Å². The number of rotatable bonds is 8. The number of methoxy groups -OCH3 is 1. The molecule has 3 rings (SSSR count). The Kier molecular flexibility index (Phi) is 8.09. The zero-order valence-electron chi connectivity index (χ0n) is 18.9. The summed E-state index contributed by atoms with van der Waals surface area (Å²) in [4.78, 5) is 12.8. The number of carbonyl (C=O) groups excluding carboxylic acids is 1. The van der Waals surface area contributed by atoms with Gasteiger partial charge in [-0.1, -0.05) is 11.6 Å². The van der Waals surface area contributed by atoms with Crippen molar-refractivity contribution in [3.8, 4) is 5.75 Å². The molecule has 1 saturated heterocycles. The van der Waals surface area contributed by atoms with E-state index in [0.717, 1.165) is 10.6 Å². The molecule has 2 aromatic carbocycles. The summed E-state index contributed by atoms with van der Waals surface area (Å²) in [7, 11) is -6.26. The molecule has 1 aliphatic heterocycles. The molecule has 0 atom stereocenters. The van der Waals surface area contributed by atoms with Crippen LogP contribution in [0.3, 0.4) is 0 Å². The van der Waals surface area contributed by atoms with Crippen molar-refractivity contribution in [3.05, 3.63) is 47.0 Å². The lowest BCUT2D eigenvalue weighted by atomic mass is 10.2. The van der Waals surface area contributed by atoms with Crippen LogP contribution in [0.2, 0.25) is 5.02 Å². The van der Waals surface area contributed by atoms with Gasteiger partial charge in [-0.05, 0) is 48.9 Å². The number of carbonyl (C=O) groups is 1. The fourth-order valence-electron chi connectivity index (χ4n) is 3.48. The molecule has 186 valence electrons. The van der Waals surface area contributed by atoms with Gasteiger partial charge in [0, 0.05) is 18.1 Å². The third-order valence-corrected chi connectivity index (χ3v) is 8.42. The molecule has 0 radical (unpaired) electrons. The van der Waals surface area contributed by atoms with E-state index in [9.17, 15) is 21.6 Å². The van der Waals surface area contributed by atoms with Crippen LogP contribution in [0.15, 0.2) is 41.3 Å². The molecule has 13 heteroatoms. The van der Waals surface area contributed by atoms with Gasteiger partial charge in [-0.25, -0.2) is 16.8 Å². The van der Waals surface area contributed by atoms with Crippen LogP contribution in [0.25, 0.3) is 0 Å². The lowest BCUT2D eigenvalue weighted by Gasteiger charge is -2.26. The average molecular weight is 532 g/mol. The molecular weight excluding hydrogens is 506 g/mol. The number of anilines is 2. The van der Waals surface area contributed by atoms with E-state index in [4.69, 9.17) is 21.1 Å². The lowest BCUT2D eigenvalue weighted by Crippen LogP contribution is -2.40. The molecule has 0 saturated carbocycles. The number of hydrogen-bond acceptors (Lipinski definition) is 7. The van der Waals surface area contributed by atoms with E-state index in [2.05, 4.69) is 5.32 Å². The number of benzene rings is 2. The number of halogens is 1. The van der Waals surface area contributed by atoms with Crippen LogP contribution in [0.5, 0.6) is 5.75 Å². The number of amides is 1. The topological polar surface area (TPSA) is 122 Å². The smallest absolute Gasteiger partial charge is 0.245 e. The van der Waals surface area contributed by atoms with Crippen LogP contribution in [0.1, 0.15) is 5.56 Å². The maximum atomic E-state index is 13.0. The predicted molar refractivity (Wildman–Crippen MR) is 130 cm³/mol. The molecule has 0 unspecified atom stereocenters. The van der Waals surface area contributed by atoms with E-state index in [1.54, 1.807) is 13.0 Å². The Morgan fingerprint density at radius 2 is 1.82 bits per heavy atom. The van der Waals surface area contributed by atoms with Crippen molar-refractivity contribution in [3.63, 3.8) is 0 Å². The minimum atomic E-state index is -3.82. The molecule has 1 fully saturated rings. The van der Waals surface area contributed by atoms with E-state index in [-0.39, 0.29) is 29.4 Å². The SMILES string of the molecule is COc1ccc(S(=O)(=O)N2CCOCC2)cc1NC(=O)CN(c1ccc(Cl)cc1C)S(C)(=O)=O. The van der Waals surface area contributed by atoms with Gasteiger partial charge in [0.15, 0.2) is 0 Å². The quantitative estimate of drug-likeness (QED) is 0.553. The fourth-order valence-corrected chi connectivity index (χ4v) is 6.06. The summed E-state index contributed by atoms with van der Waals surface area (Å²) in [5, 5.41) is 3.01. The molecule has 1 N–H and O–H groups in total. The third kappa shape index (κ3) is 5.99. The van der Waals surface area contributed by atoms with E-state index in [0.29, 0.717) is 29.5 Å². The van der Waals surface area contributed by atoms with Crippen LogP contribution in [-0.2, 0) is 29.6 Å². The highest BCUT2D eigenvalue weighted by Crippen LogP contribution is 2.30. The molecule has 1 heterocycles. The number of nitrogens with one attached hydrogen (secondary N) is 1. The van der Waals surface area contributed by atoms with E-state index >= 15 is 0 Å².